The number of fused-ring (bicyclic) bond motifs is 1. The van der Waals surface area contributed by atoms with E-state index in [1.807, 2.05) is 36.4 Å². The number of carbonyl (C=O) groups excluding carboxylic acids is 1. The molecule has 0 bridgehead atoms. The second kappa shape index (κ2) is 5.83. The number of aromatic nitrogens is 3. The van der Waals surface area contributed by atoms with Crippen LogP contribution < -0.4 is 14.4 Å². The lowest BCUT2D eigenvalue weighted by Gasteiger charge is -2.16. The Labute approximate surface area is 148 Å². The minimum Gasteiger partial charge on any atom is -0.454 e. The molecule has 1 aromatic carbocycles. The van der Waals surface area contributed by atoms with Crippen LogP contribution in [-0.4, -0.2) is 34.4 Å². The quantitative estimate of drug-likeness (QED) is 0.716. The van der Waals surface area contributed by atoms with Crippen LogP contribution in [0, 0.1) is 0 Å². The number of carbonyl (C=O) groups is 1. The Kier molecular flexibility index (Phi) is 3.34. The van der Waals surface area contributed by atoms with Crippen LogP contribution in [0.4, 0.5) is 5.69 Å². The van der Waals surface area contributed by atoms with E-state index in [-0.39, 0.29) is 18.6 Å². The van der Waals surface area contributed by atoms with E-state index in [1.165, 1.54) is 0 Å². The van der Waals surface area contributed by atoms with Crippen LogP contribution >= 0.6 is 0 Å². The van der Waals surface area contributed by atoms with Crippen LogP contribution in [-0.2, 0) is 4.79 Å². The van der Waals surface area contributed by atoms with Gasteiger partial charge in [-0.2, -0.15) is 4.98 Å². The van der Waals surface area contributed by atoms with Crippen LogP contribution in [0.5, 0.6) is 11.5 Å². The van der Waals surface area contributed by atoms with E-state index < -0.39 is 0 Å². The first-order valence-corrected chi connectivity index (χ1v) is 8.23. The molecule has 4 heterocycles. The van der Waals surface area contributed by atoms with Crippen molar-refractivity contribution in [2.24, 2.45) is 0 Å². The van der Waals surface area contributed by atoms with Gasteiger partial charge in [-0.15, -0.1) is 0 Å². The van der Waals surface area contributed by atoms with E-state index in [4.69, 9.17) is 14.0 Å². The van der Waals surface area contributed by atoms with E-state index in [0.717, 1.165) is 5.69 Å². The molecule has 0 saturated carbocycles. The van der Waals surface area contributed by atoms with Crippen molar-refractivity contribution in [3.05, 3.63) is 48.5 Å². The predicted molar refractivity (Wildman–Crippen MR) is 89.8 cm³/mol. The van der Waals surface area contributed by atoms with Crippen molar-refractivity contribution in [2.45, 2.75) is 12.3 Å². The first-order valence-electron chi connectivity index (χ1n) is 8.23. The van der Waals surface area contributed by atoms with Gasteiger partial charge < -0.3 is 18.9 Å². The third-order valence-electron chi connectivity index (χ3n) is 4.48. The summed E-state index contributed by atoms with van der Waals surface area (Å²) in [5.41, 5.74) is 1.41. The Morgan fingerprint density at radius 1 is 1.12 bits per heavy atom. The molecule has 2 aliphatic heterocycles. The van der Waals surface area contributed by atoms with Gasteiger partial charge in [0.15, 0.2) is 11.5 Å². The van der Waals surface area contributed by atoms with Gasteiger partial charge >= 0.3 is 0 Å². The van der Waals surface area contributed by atoms with Crippen LogP contribution in [0.1, 0.15) is 18.2 Å². The summed E-state index contributed by atoms with van der Waals surface area (Å²) >= 11 is 0. The average molecular weight is 350 g/mol. The van der Waals surface area contributed by atoms with Crippen molar-refractivity contribution < 1.29 is 18.8 Å². The smallest absolute Gasteiger partial charge is 0.232 e. The van der Waals surface area contributed by atoms with Gasteiger partial charge in [0.25, 0.3) is 0 Å². The van der Waals surface area contributed by atoms with Gasteiger partial charge in [-0.05, 0) is 24.3 Å². The van der Waals surface area contributed by atoms with E-state index in [1.54, 1.807) is 11.1 Å². The van der Waals surface area contributed by atoms with Gasteiger partial charge in [-0.1, -0.05) is 11.2 Å². The second-order valence-electron chi connectivity index (χ2n) is 6.11. The highest BCUT2D eigenvalue weighted by Gasteiger charge is 2.35. The van der Waals surface area contributed by atoms with Crippen molar-refractivity contribution in [2.75, 3.05) is 18.2 Å². The predicted octanol–water partition coefficient (Wildman–Crippen LogP) is 2.38. The van der Waals surface area contributed by atoms with Gasteiger partial charge in [-0.25, -0.2) is 0 Å². The van der Waals surface area contributed by atoms with Crippen LogP contribution in [0.15, 0.2) is 47.1 Å². The minimum atomic E-state index is -0.155. The molecule has 130 valence electrons. The van der Waals surface area contributed by atoms with E-state index >= 15 is 0 Å². The van der Waals surface area contributed by atoms with Crippen molar-refractivity contribution >= 4 is 11.6 Å². The first-order chi connectivity index (χ1) is 12.8. The number of amides is 1. The summed E-state index contributed by atoms with van der Waals surface area (Å²) in [5, 5.41) is 3.99. The molecule has 2 aliphatic rings. The lowest BCUT2D eigenvalue weighted by atomic mass is 10.1. The highest BCUT2D eigenvalue weighted by molar-refractivity contribution is 5.96. The summed E-state index contributed by atoms with van der Waals surface area (Å²) in [6.07, 6.45) is 1.99. The molecule has 1 saturated heterocycles. The van der Waals surface area contributed by atoms with Crippen molar-refractivity contribution in [3.8, 4) is 23.0 Å². The maximum Gasteiger partial charge on any atom is 0.232 e. The molecular formula is C18H14N4O4. The third kappa shape index (κ3) is 2.46. The number of nitrogens with zero attached hydrogens (tertiary/aromatic N) is 4. The Hall–Kier alpha value is -3.42. The monoisotopic (exact) mass is 350 g/mol. The summed E-state index contributed by atoms with van der Waals surface area (Å²) in [6, 6.07) is 11.0. The average Bonchev–Trinajstić information content (AvgIpc) is 3.41. The van der Waals surface area contributed by atoms with Crippen LogP contribution in [0.25, 0.3) is 11.5 Å². The lowest BCUT2D eigenvalue weighted by Crippen LogP contribution is -2.24. The molecule has 2 aromatic heterocycles. The molecule has 26 heavy (non-hydrogen) atoms. The zero-order valence-corrected chi connectivity index (χ0v) is 13.7. The highest BCUT2D eigenvalue weighted by Crippen LogP contribution is 2.38. The number of hydrogen-bond donors (Lipinski definition) is 0. The van der Waals surface area contributed by atoms with E-state index in [9.17, 15) is 4.79 Å². The van der Waals surface area contributed by atoms with Crippen molar-refractivity contribution in [1.29, 1.82) is 0 Å². The van der Waals surface area contributed by atoms with Crippen LogP contribution in [0.3, 0.4) is 0 Å². The Balaban J connectivity index is 1.38. The summed E-state index contributed by atoms with van der Waals surface area (Å²) in [6.45, 7) is 0.677. The van der Waals surface area contributed by atoms with Crippen molar-refractivity contribution in [1.82, 2.24) is 15.1 Å². The van der Waals surface area contributed by atoms with Crippen molar-refractivity contribution in [3.63, 3.8) is 0 Å². The molecule has 0 spiro atoms. The fraction of sp³-hybridized carbons (Fsp3) is 0.222. The Bertz CT molecular complexity index is 972. The third-order valence-corrected chi connectivity index (χ3v) is 4.48. The van der Waals surface area contributed by atoms with Gasteiger partial charge in [0.2, 0.25) is 24.4 Å². The Morgan fingerprint density at radius 2 is 2.04 bits per heavy atom. The number of rotatable bonds is 3. The second-order valence-corrected chi connectivity index (χ2v) is 6.11. The molecule has 3 aromatic rings. The number of ether oxygens (including phenoxy) is 2. The largest absolute Gasteiger partial charge is 0.454 e. The fourth-order valence-electron chi connectivity index (χ4n) is 3.18. The summed E-state index contributed by atoms with van der Waals surface area (Å²) in [4.78, 5) is 22.8. The fourth-order valence-corrected chi connectivity index (χ4v) is 3.18. The Morgan fingerprint density at radius 3 is 2.92 bits per heavy atom. The molecule has 1 amide bonds. The molecule has 1 fully saturated rings. The summed E-state index contributed by atoms with van der Waals surface area (Å²) in [5.74, 6) is 2.06. The SMILES string of the molecule is O=C1C[C@H](c2nc(-c3ccccn3)no2)CN1c1ccc2c(c1)OCO2. The number of hydrogen-bond acceptors (Lipinski definition) is 7. The maximum absolute atomic E-state index is 12.5. The van der Waals surface area contributed by atoms with E-state index in [2.05, 4.69) is 15.1 Å². The molecule has 8 heteroatoms. The standard InChI is InChI=1S/C18H14N4O4/c23-16-7-11(18-20-17(21-26-18)13-3-1-2-6-19-13)9-22(16)12-4-5-14-15(8-12)25-10-24-14/h1-6,8,11H,7,9-10H2/t11-/m0/s1. The first kappa shape index (κ1) is 14.9. The molecule has 0 aliphatic carbocycles. The molecule has 0 unspecified atom stereocenters. The van der Waals surface area contributed by atoms with E-state index in [0.29, 0.717) is 41.9 Å². The topological polar surface area (TPSA) is 90.6 Å². The summed E-state index contributed by atoms with van der Waals surface area (Å²) in [7, 11) is 0. The molecular weight excluding hydrogens is 336 g/mol. The molecule has 5 rings (SSSR count). The molecule has 8 nitrogen and oxygen atoms in total. The zero-order chi connectivity index (χ0) is 17.5. The zero-order valence-electron chi connectivity index (χ0n) is 13.7. The van der Waals surface area contributed by atoms with Gasteiger partial charge in [0.1, 0.15) is 5.69 Å². The van der Waals surface area contributed by atoms with Gasteiger partial charge in [0, 0.05) is 30.9 Å². The minimum absolute atomic E-state index is 0.00597. The number of pyridine rings is 1. The normalized spacial score (nSPS) is 18.5. The maximum atomic E-state index is 12.5. The summed E-state index contributed by atoms with van der Waals surface area (Å²) < 4.78 is 16.1. The molecule has 0 radical (unpaired) electrons. The van der Waals surface area contributed by atoms with Crippen LogP contribution in [0.2, 0.25) is 0 Å². The highest BCUT2D eigenvalue weighted by atomic mass is 16.7. The number of benzene rings is 1. The van der Waals surface area contributed by atoms with Gasteiger partial charge in [0.05, 0.1) is 5.92 Å². The lowest BCUT2D eigenvalue weighted by molar-refractivity contribution is -0.117. The van der Waals surface area contributed by atoms with Gasteiger partial charge in [-0.3, -0.25) is 9.78 Å². The molecule has 0 N–H and O–H groups in total. The number of anilines is 1. The molecule has 1 atom stereocenters.